The quantitative estimate of drug-likeness (QED) is 0.470. The van der Waals surface area contributed by atoms with Crippen molar-refractivity contribution >= 4 is 18.2 Å². The molecular formula is C23H41F3N4O3. The highest BCUT2D eigenvalue weighted by molar-refractivity contribution is 5.87. The van der Waals surface area contributed by atoms with Gasteiger partial charge in [-0.2, -0.15) is 18.4 Å². The summed E-state index contributed by atoms with van der Waals surface area (Å²) in [5, 5.41) is 11.8. The number of halogens is 3. The molecule has 1 aliphatic heterocycles. The van der Waals surface area contributed by atoms with E-state index in [-0.39, 0.29) is 17.4 Å². The van der Waals surface area contributed by atoms with Gasteiger partial charge in [-0.1, -0.05) is 53.7 Å². The molecule has 1 fully saturated rings. The highest BCUT2D eigenvalue weighted by Gasteiger charge is 2.41. The fourth-order valence-corrected chi connectivity index (χ4v) is 1.99. The van der Waals surface area contributed by atoms with Gasteiger partial charge in [0.25, 0.3) is 0 Å². The van der Waals surface area contributed by atoms with Crippen LogP contribution in [0.2, 0.25) is 0 Å². The van der Waals surface area contributed by atoms with Crippen LogP contribution in [0.5, 0.6) is 0 Å². The third-order valence-corrected chi connectivity index (χ3v) is 4.28. The van der Waals surface area contributed by atoms with Crippen LogP contribution in [0.15, 0.2) is 12.2 Å². The SMILES string of the molecule is C/C=C\C.CC(C#N)NC=O.CC(C)C.C[C@H]1CN(C(=O)CNC(=O)C(F)(F)F)CC1(C)C. The Balaban J connectivity index is -0.000000491. The van der Waals surface area contributed by atoms with E-state index in [0.29, 0.717) is 19.5 Å². The van der Waals surface area contributed by atoms with Gasteiger partial charge < -0.3 is 15.5 Å². The van der Waals surface area contributed by atoms with E-state index in [4.69, 9.17) is 5.26 Å². The molecule has 0 aromatic carbocycles. The topological polar surface area (TPSA) is 102 Å². The summed E-state index contributed by atoms with van der Waals surface area (Å²) in [5.41, 5.74) is -0.0519. The zero-order chi connectivity index (χ0) is 26.8. The fraction of sp³-hybridized carbons (Fsp3) is 0.739. The third-order valence-electron chi connectivity index (χ3n) is 4.28. The fourth-order valence-electron chi connectivity index (χ4n) is 1.99. The molecule has 0 aliphatic carbocycles. The van der Waals surface area contributed by atoms with Gasteiger partial charge in [0.15, 0.2) is 0 Å². The molecule has 0 radical (unpaired) electrons. The van der Waals surface area contributed by atoms with Crippen molar-refractivity contribution in [3.8, 4) is 6.07 Å². The summed E-state index contributed by atoms with van der Waals surface area (Å²) in [6.07, 6.45) is -0.439. The minimum Gasteiger partial charge on any atom is -0.343 e. The first-order chi connectivity index (χ1) is 15.0. The van der Waals surface area contributed by atoms with Gasteiger partial charge >= 0.3 is 12.1 Å². The number of rotatable bonds is 4. The summed E-state index contributed by atoms with van der Waals surface area (Å²) in [6.45, 7) is 18.5. The summed E-state index contributed by atoms with van der Waals surface area (Å²) in [6, 6.07) is 1.46. The number of alkyl halides is 3. The first-order valence-electron chi connectivity index (χ1n) is 10.8. The molecule has 1 rings (SSSR count). The molecule has 1 saturated heterocycles. The number of carbonyl (C=O) groups is 3. The Kier molecular flexibility index (Phi) is 19.0. The maximum atomic E-state index is 11.9. The van der Waals surface area contributed by atoms with Crippen molar-refractivity contribution in [1.29, 1.82) is 5.26 Å². The van der Waals surface area contributed by atoms with E-state index in [9.17, 15) is 27.6 Å². The van der Waals surface area contributed by atoms with Crippen molar-refractivity contribution in [2.24, 2.45) is 17.3 Å². The molecule has 2 N–H and O–H groups in total. The van der Waals surface area contributed by atoms with Gasteiger partial charge in [-0.05, 0) is 38.0 Å². The van der Waals surface area contributed by atoms with E-state index >= 15 is 0 Å². The maximum absolute atomic E-state index is 11.9. The van der Waals surface area contributed by atoms with Gasteiger partial charge in [0.1, 0.15) is 6.04 Å². The molecule has 7 nitrogen and oxygen atoms in total. The molecule has 0 bridgehead atoms. The Morgan fingerprint density at radius 3 is 1.88 bits per heavy atom. The number of amides is 3. The van der Waals surface area contributed by atoms with Crippen LogP contribution in [-0.4, -0.2) is 55.0 Å². The van der Waals surface area contributed by atoms with Gasteiger partial charge in [0.05, 0.1) is 12.6 Å². The highest BCUT2D eigenvalue weighted by Crippen LogP contribution is 2.34. The monoisotopic (exact) mass is 478 g/mol. The minimum absolute atomic E-state index is 0.0519. The molecule has 0 saturated carbocycles. The lowest BCUT2D eigenvalue weighted by Gasteiger charge is -2.22. The van der Waals surface area contributed by atoms with Crippen LogP contribution in [0.1, 0.15) is 62.3 Å². The van der Waals surface area contributed by atoms with Crippen molar-refractivity contribution < 1.29 is 27.6 Å². The molecule has 0 aromatic heterocycles. The predicted molar refractivity (Wildman–Crippen MR) is 124 cm³/mol. The summed E-state index contributed by atoms with van der Waals surface area (Å²) < 4.78 is 35.8. The lowest BCUT2D eigenvalue weighted by Crippen LogP contribution is -2.44. The second kappa shape index (κ2) is 17.9. The summed E-state index contributed by atoms with van der Waals surface area (Å²) >= 11 is 0. The number of hydrogen-bond donors (Lipinski definition) is 2. The average Bonchev–Trinajstić information content (AvgIpc) is 2.98. The molecule has 1 aliphatic rings. The zero-order valence-electron chi connectivity index (χ0n) is 21.3. The number of likely N-dealkylation sites (tertiary alicyclic amines) is 1. The van der Waals surface area contributed by atoms with E-state index in [1.54, 1.807) is 12.2 Å². The summed E-state index contributed by atoms with van der Waals surface area (Å²) in [7, 11) is 0. The molecule has 2 atom stereocenters. The van der Waals surface area contributed by atoms with E-state index in [1.165, 1.54) is 4.90 Å². The van der Waals surface area contributed by atoms with Crippen molar-refractivity contribution in [2.45, 2.75) is 74.5 Å². The van der Waals surface area contributed by atoms with E-state index in [0.717, 1.165) is 5.92 Å². The first kappa shape index (κ1) is 35.0. The van der Waals surface area contributed by atoms with Gasteiger partial charge in [0, 0.05) is 13.1 Å². The van der Waals surface area contributed by atoms with E-state index < -0.39 is 24.5 Å². The number of nitriles is 1. The maximum Gasteiger partial charge on any atom is 0.471 e. The Labute approximate surface area is 196 Å². The lowest BCUT2D eigenvalue weighted by atomic mass is 9.84. The number of allylic oxidation sites excluding steroid dienone is 2. The van der Waals surface area contributed by atoms with Crippen molar-refractivity contribution in [1.82, 2.24) is 15.5 Å². The normalized spacial score (nSPS) is 17.2. The minimum atomic E-state index is -4.95. The standard InChI is InChI=1S/C11H17F3N2O2.C4H6N2O.C4H10.C4H8/c1-7-5-16(6-10(7,2)3)8(17)4-15-9(18)11(12,13)14;1-4(2-5)6-3-7;1-4(2)3;1-3-4-2/h7H,4-6H2,1-3H3,(H,15,18);3-4H,1H3,(H,6,7);4H,1-3H3;3-4H,1-2H3/b;;;4-3-/t7-;;;/m0.../s1. The number of nitrogens with zero attached hydrogens (tertiary/aromatic N) is 2. The average molecular weight is 479 g/mol. The molecule has 3 amide bonds. The van der Waals surface area contributed by atoms with Crippen LogP contribution in [0.3, 0.4) is 0 Å². The van der Waals surface area contributed by atoms with Gasteiger partial charge in [-0.25, -0.2) is 0 Å². The molecule has 1 heterocycles. The highest BCUT2D eigenvalue weighted by atomic mass is 19.4. The largest absolute Gasteiger partial charge is 0.471 e. The van der Waals surface area contributed by atoms with Crippen LogP contribution in [0.4, 0.5) is 13.2 Å². The number of hydrogen-bond acceptors (Lipinski definition) is 4. The molecule has 10 heteroatoms. The Morgan fingerprint density at radius 2 is 1.64 bits per heavy atom. The molecular weight excluding hydrogens is 437 g/mol. The number of carbonyl (C=O) groups excluding carboxylic acids is 3. The Bertz CT molecular complexity index is 635. The number of nitrogens with one attached hydrogen (secondary N) is 2. The zero-order valence-corrected chi connectivity index (χ0v) is 21.3. The van der Waals surface area contributed by atoms with Crippen LogP contribution in [-0.2, 0) is 14.4 Å². The van der Waals surface area contributed by atoms with Gasteiger partial charge in [-0.3, -0.25) is 14.4 Å². The van der Waals surface area contributed by atoms with Crippen LogP contribution in [0, 0.1) is 28.6 Å². The Hall–Kier alpha value is -2.57. The molecule has 0 aromatic rings. The summed E-state index contributed by atoms with van der Waals surface area (Å²) in [4.78, 5) is 33.2. The van der Waals surface area contributed by atoms with Crippen molar-refractivity contribution in [2.75, 3.05) is 19.6 Å². The smallest absolute Gasteiger partial charge is 0.343 e. The van der Waals surface area contributed by atoms with E-state index in [1.807, 2.05) is 52.8 Å². The predicted octanol–water partition coefficient (Wildman–Crippen LogP) is 4.06. The molecule has 33 heavy (non-hydrogen) atoms. The van der Waals surface area contributed by atoms with Crippen LogP contribution in [0.25, 0.3) is 0 Å². The van der Waals surface area contributed by atoms with Gasteiger partial charge in [0.2, 0.25) is 12.3 Å². The second-order valence-electron chi connectivity index (χ2n) is 8.88. The third kappa shape index (κ3) is 19.8. The van der Waals surface area contributed by atoms with Crippen molar-refractivity contribution in [3.63, 3.8) is 0 Å². The first-order valence-corrected chi connectivity index (χ1v) is 10.8. The van der Waals surface area contributed by atoms with Crippen molar-refractivity contribution in [3.05, 3.63) is 12.2 Å². The van der Waals surface area contributed by atoms with Crippen LogP contribution >= 0.6 is 0 Å². The second-order valence-corrected chi connectivity index (χ2v) is 8.88. The summed E-state index contributed by atoms with van der Waals surface area (Å²) in [5.74, 6) is -1.45. The van der Waals surface area contributed by atoms with Crippen LogP contribution < -0.4 is 10.6 Å². The molecule has 1 unspecified atom stereocenters. The van der Waals surface area contributed by atoms with Gasteiger partial charge in [-0.15, -0.1) is 0 Å². The van der Waals surface area contributed by atoms with E-state index in [2.05, 4.69) is 26.1 Å². The molecule has 192 valence electrons. The lowest BCUT2D eigenvalue weighted by molar-refractivity contribution is -0.174. The molecule has 0 spiro atoms. The Morgan fingerprint density at radius 1 is 1.18 bits per heavy atom.